The van der Waals surface area contributed by atoms with Crippen molar-refractivity contribution in [2.24, 2.45) is 0 Å². The van der Waals surface area contributed by atoms with Crippen LogP contribution in [0.1, 0.15) is 42.3 Å². The van der Waals surface area contributed by atoms with Gasteiger partial charge >= 0.3 is 0 Å². The fraction of sp³-hybridized carbons (Fsp3) is 0.308. The number of thiazole rings is 1. The molecule has 5 rings (SSSR count). The van der Waals surface area contributed by atoms with Crippen molar-refractivity contribution in [1.82, 2.24) is 14.8 Å². The number of hydrogen-bond donors (Lipinski definition) is 0. The molecule has 6 nitrogen and oxygen atoms in total. The molecule has 2 aromatic carbocycles. The van der Waals surface area contributed by atoms with Gasteiger partial charge in [-0.2, -0.15) is 0 Å². The molecule has 0 bridgehead atoms. The number of amides is 3. The van der Waals surface area contributed by atoms with Crippen LogP contribution in [0.2, 0.25) is 0 Å². The van der Waals surface area contributed by atoms with Crippen LogP contribution in [0.4, 0.5) is 0 Å². The van der Waals surface area contributed by atoms with E-state index in [-0.39, 0.29) is 36.6 Å². The SMILES string of the molecule is CN1C(=O)C[C@](CC(=O)N2CCC[C@H]2c2nccs2)(c2ccc(-c3ccccc3)cc2)C1=O. The quantitative estimate of drug-likeness (QED) is 0.537. The van der Waals surface area contributed by atoms with Gasteiger partial charge in [-0.25, -0.2) is 4.98 Å². The minimum atomic E-state index is -1.17. The second-order valence-electron chi connectivity index (χ2n) is 8.75. The summed E-state index contributed by atoms with van der Waals surface area (Å²) in [7, 11) is 1.50. The Labute approximate surface area is 196 Å². The van der Waals surface area contributed by atoms with Crippen molar-refractivity contribution in [3.63, 3.8) is 0 Å². The highest BCUT2D eigenvalue weighted by Gasteiger charge is 2.53. The second-order valence-corrected chi connectivity index (χ2v) is 9.68. The molecular formula is C26H25N3O3S. The van der Waals surface area contributed by atoms with Crippen molar-refractivity contribution in [2.75, 3.05) is 13.6 Å². The van der Waals surface area contributed by atoms with Gasteiger partial charge in [0.25, 0.3) is 0 Å². The van der Waals surface area contributed by atoms with Crippen LogP contribution in [0.3, 0.4) is 0 Å². The summed E-state index contributed by atoms with van der Waals surface area (Å²) in [6.07, 6.45) is 3.51. The maximum absolute atomic E-state index is 13.6. The number of imide groups is 1. The molecule has 2 fully saturated rings. The number of likely N-dealkylation sites (tertiary alicyclic amines) is 2. The van der Waals surface area contributed by atoms with E-state index in [1.165, 1.54) is 11.9 Å². The van der Waals surface area contributed by atoms with Gasteiger partial charge in [-0.1, -0.05) is 54.6 Å². The highest BCUT2D eigenvalue weighted by molar-refractivity contribution is 7.09. The third kappa shape index (κ3) is 3.76. The molecule has 1 aromatic heterocycles. The van der Waals surface area contributed by atoms with Gasteiger partial charge in [0.2, 0.25) is 17.7 Å². The summed E-state index contributed by atoms with van der Waals surface area (Å²) < 4.78 is 0. The number of aromatic nitrogens is 1. The molecule has 0 radical (unpaired) electrons. The molecule has 7 heteroatoms. The molecule has 3 aromatic rings. The predicted octanol–water partition coefficient (Wildman–Crippen LogP) is 4.19. The number of nitrogens with zero attached hydrogens (tertiary/aromatic N) is 3. The minimum absolute atomic E-state index is 0.00845. The zero-order valence-corrected chi connectivity index (χ0v) is 19.3. The molecule has 3 amide bonds. The summed E-state index contributed by atoms with van der Waals surface area (Å²) in [5.41, 5.74) is 1.63. The first-order valence-corrected chi connectivity index (χ1v) is 12.0. The van der Waals surface area contributed by atoms with Gasteiger partial charge in [-0.15, -0.1) is 11.3 Å². The molecular weight excluding hydrogens is 434 g/mol. The lowest BCUT2D eigenvalue weighted by Crippen LogP contribution is -2.42. The normalized spacial score (nSPS) is 22.9. The highest BCUT2D eigenvalue weighted by atomic mass is 32.1. The molecule has 0 unspecified atom stereocenters. The van der Waals surface area contributed by atoms with Gasteiger partial charge in [0.1, 0.15) is 5.01 Å². The summed E-state index contributed by atoms with van der Waals surface area (Å²) in [6.45, 7) is 0.643. The van der Waals surface area contributed by atoms with Gasteiger partial charge in [0, 0.05) is 38.0 Å². The van der Waals surface area contributed by atoms with Gasteiger partial charge in [-0.05, 0) is 29.5 Å². The molecule has 0 aliphatic carbocycles. The Morgan fingerprint density at radius 1 is 1.09 bits per heavy atom. The van der Waals surface area contributed by atoms with E-state index in [9.17, 15) is 14.4 Å². The lowest BCUT2D eigenvalue weighted by molar-refractivity contribution is -0.141. The molecule has 2 saturated heterocycles. The fourth-order valence-electron chi connectivity index (χ4n) is 5.05. The average molecular weight is 460 g/mol. The van der Waals surface area contributed by atoms with Crippen LogP contribution < -0.4 is 0 Å². The largest absolute Gasteiger partial charge is 0.333 e. The standard InChI is InChI=1S/C26H25N3O3S/c1-28-22(30)16-26(25(28)32,20-11-9-19(10-12-20)18-6-3-2-4-7-18)17-23(31)29-14-5-8-21(29)24-27-13-15-33-24/h2-4,6-7,9-13,15,21H,5,8,14,16-17H2,1H3/t21-,26-/m0/s1. The van der Waals surface area contributed by atoms with E-state index in [0.717, 1.165) is 29.0 Å². The second kappa shape index (κ2) is 8.56. The predicted molar refractivity (Wildman–Crippen MR) is 126 cm³/mol. The van der Waals surface area contributed by atoms with Crippen LogP contribution in [0, 0.1) is 0 Å². The van der Waals surface area contributed by atoms with E-state index >= 15 is 0 Å². The monoisotopic (exact) mass is 459 g/mol. The molecule has 0 N–H and O–H groups in total. The fourth-order valence-corrected chi connectivity index (χ4v) is 5.83. The van der Waals surface area contributed by atoms with Crippen LogP contribution in [-0.4, -0.2) is 46.1 Å². The number of hydrogen-bond acceptors (Lipinski definition) is 5. The van der Waals surface area contributed by atoms with Crippen molar-refractivity contribution in [1.29, 1.82) is 0 Å². The third-order valence-electron chi connectivity index (χ3n) is 6.85. The van der Waals surface area contributed by atoms with Crippen molar-refractivity contribution < 1.29 is 14.4 Å². The van der Waals surface area contributed by atoms with E-state index in [2.05, 4.69) is 4.98 Å². The number of rotatable bonds is 5. The van der Waals surface area contributed by atoms with E-state index in [1.54, 1.807) is 17.5 Å². The highest BCUT2D eigenvalue weighted by Crippen LogP contribution is 2.42. The van der Waals surface area contributed by atoms with E-state index < -0.39 is 5.41 Å². The summed E-state index contributed by atoms with van der Waals surface area (Å²) in [6, 6.07) is 17.6. The summed E-state index contributed by atoms with van der Waals surface area (Å²) >= 11 is 1.55. The number of carbonyl (C=O) groups excluding carboxylic acids is 3. The molecule has 3 heterocycles. The van der Waals surface area contributed by atoms with Gasteiger partial charge in [0.15, 0.2) is 0 Å². The van der Waals surface area contributed by atoms with Gasteiger partial charge in [0.05, 0.1) is 11.5 Å². The van der Waals surface area contributed by atoms with Gasteiger partial charge < -0.3 is 4.90 Å². The molecule has 168 valence electrons. The number of likely N-dealkylation sites (N-methyl/N-ethyl adjacent to an activating group) is 1. The Balaban J connectivity index is 1.47. The Bertz CT molecular complexity index is 1180. The molecule has 2 aliphatic heterocycles. The lowest BCUT2D eigenvalue weighted by Gasteiger charge is -2.30. The topological polar surface area (TPSA) is 70.6 Å². The maximum Gasteiger partial charge on any atom is 0.240 e. The molecule has 33 heavy (non-hydrogen) atoms. The van der Waals surface area contributed by atoms with Gasteiger partial charge in [-0.3, -0.25) is 19.3 Å². The zero-order valence-electron chi connectivity index (χ0n) is 18.4. The van der Waals surface area contributed by atoms with Crippen LogP contribution in [0.15, 0.2) is 66.2 Å². The molecule has 2 aliphatic rings. The van der Waals surface area contributed by atoms with E-state index in [0.29, 0.717) is 12.1 Å². The Morgan fingerprint density at radius 2 is 1.82 bits per heavy atom. The zero-order chi connectivity index (χ0) is 23.0. The van der Waals surface area contributed by atoms with Crippen molar-refractivity contribution >= 4 is 29.1 Å². The first kappa shape index (κ1) is 21.5. The number of benzene rings is 2. The van der Waals surface area contributed by atoms with Crippen LogP contribution in [0.25, 0.3) is 11.1 Å². The first-order chi connectivity index (χ1) is 16.0. The lowest BCUT2D eigenvalue weighted by atomic mass is 9.75. The summed E-state index contributed by atoms with van der Waals surface area (Å²) in [4.78, 5) is 46.9. The maximum atomic E-state index is 13.6. The summed E-state index contributed by atoms with van der Waals surface area (Å²) in [5.74, 6) is -0.660. The smallest absolute Gasteiger partial charge is 0.240 e. The van der Waals surface area contributed by atoms with Crippen LogP contribution >= 0.6 is 11.3 Å². The molecule has 0 spiro atoms. The third-order valence-corrected chi connectivity index (χ3v) is 7.73. The van der Waals surface area contributed by atoms with Crippen molar-refractivity contribution in [3.8, 4) is 11.1 Å². The molecule has 2 atom stereocenters. The Kier molecular flexibility index (Phi) is 5.58. The summed E-state index contributed by atoms with van der Waals surface area (Å²) in [5, 5.41) is 2.84. The van der Waals surface area contributed by atoms with Crippen molar-refractivity contribution in [2.45, 2.75) is 37.1 Å². The van der Waals surface area contributed by atoms with Crippen LogP contribution in [-0.2, 0) is 19.8 Å². The minimum Gasteiger partial charge on any atom is -0.333 e. The van der Waals surface area contributed by atoms with E-state index in [4.69, 9.17) is 0 Å². The number of carbonyl (C=O) groups is 3. The average Bonchev–Trinajstić information content (AvgIpc) is 3.58. The Morgan fingerprint density at radius 3 is 2.45 bits per heavy atom. The van der Waals surface area contributed by atoms with E-state index in [1.807, 2.05) is 64.9 Å². The Hall–Kier alpha value is -3.32. The van der Waals surface area contributed by atoms with Crippen LogP contribution in [0.5, 0.6) is 0 Å². The van der Waals surface area contributed by atoms with Crippen molar-refractivity contribution in [3.05, 3.63) is 76.7 Å². The first-order valence-electron chi connectivity index (χ1n) is 11.2. The molecule has 0 saturated carbocycles.